The van der Waals surface area contributed by atoms with E-state index in [1.807, 2.05) is 29.2 Å². The number of fused-ring (bicyclic) bond motifs is 1. The van der Waals surface area contributed by atoms with Gasteiger partial charge in [-0.05, 0) is 41.7 Å². The zero-order chi connectivity index (χ0) is 16.2. The summed E-state index contributed by atoms with van der Waals surface area (Å²) >= 11 is 0. The third kappa shape index (κ3) is 3.16. The van der Waals surface area contributed by atoms with Crippen molar-refractivity contribution in [2.75, 3.05) is 20.8 Å². The highest BCUT2D eigenvalue weighted by Gasteiger charge is 2.31. The van der Waals surface area contributed by atoms with E-state index in [0.29, 0.717) is 6.54 Å². The highest BCUT2D eigenvalue weighted by Crippen LogP contribution is 2.34. The van der Waals surface area contributed by atoms with Gasteiger partial charge in [0.05, 0.1) is 20.3 Å². The van der Waals surface area contributed by atoms with Crippen LogP contribution in [0.2, 0.25) is 0 Å². The molecule has 2 aromatic carbocycles. The largest absolute Gasteiger partial charge is 0.497 e. The summed E-state index contributed by atoms with van der Waals surface area (Å²) in [5.41, 5.74) is 3.62. The Kier molecular flexibility index (Phi) is 4.51. The molecule has 3 rings (SSSR count). The van der Waals surface area contributed by atoms with E-state index in [4.69, 9.17) is 9.47 Å². The summed E-state index contributed by atoms with van der Waals surface area (Å²) in [6.45, 7) is 0.657. The molecule has 1 heterocycles. The second-order valence-corrected chi connectivity index (χ2v) is 5.68. The van der Waals surface area contributed by atoms with Crippen molar-refractivity contribution >= 4 is 6.09 Å². The van der Waals surface area contributed by atoms with Crippen LogP contribution in [-0.4, -0.2) is 31.8 Å². The van der Waals surface area contributed by atoms with Gasteiger partial charge in [-0.2, -0.15) is 0 Å². The van der Waals surface area contributed by atoms with Gasteiger partial charge < -0.3 is 14.4 Å². The zero-order valence-electron chi connectivity index (χ0n) is 13.5. The van der Waals surface area contributed by atoms with E-state index in [2.05, 4.69) is 24.3 Å². The van der Waals surface area contributed by atoms with Crippen LogP contribution in [0.1, 0.15) is 22.7 Å². The number of carbonyl (C=O) groups is 1. The average molecular weight is 311 g/mol. The molecule has 120 valence electrons. The SMILES string of the molecule is COC(=O)N1CCc2cc(OC)ccc2C1Cc1ccccc1. The van der Waals surface area contributed by atoms with Crippen LogP contribution in [0.3, 0.4) is 0 Å². The quantitative estimate of drug-likeness (QED) is 0.869. The van der Waals surface area contributed by atoms with Crippen LogP contribution < -0.4 is 4.74 Å². The molecular formula is C19H21NO3. The molecule has 2 aromatic rings. The van der Waals surface area contributed by atoms with E-state index >= 15 is 0 Å². The molecule has 1 amide bonds. The maximum atomic E-state index is 12.2. The van der Waals surface area contributed by atoms with Crippen molar-refractivity contribution in [2.24, 2.45) is 0 Å². The van der Waals surface area contributed by atoms with E-state index < -0.39 is 0 Å². The molecule has 0 fully saturated rings. The average Bonchev–Trinajstić information content (AvgIpc) is 2.61. The van der Waals surface area contributed by atoms with Crippen molar-refractivity contribution in [1.29, 1.82) is 0 Å². The van der Waals surface area contributed by atoms with E-state index in [-0.39, 0.29) is 12.1 Å². The van der Waals surface area contributed by atoms with Gasteiger partial charge in [-0.25, -0.2) is 4.79 Å². The first-order valence-corrected chi connectivity index (χ1v) is 7.78. The summed E-state index contributed by atoms with van der Waals surface area (Å²) in [4.78, 5) is 14.0. The highest BCUT2D eigenvalue weighted by atomic mass is 16.5. The molecule has 1 unspecified atom stereocenters. The lowest BCUT2D eigenvalue weighted by Crippen LogP contribution is -2.41. The molecule has 1 aliphatic rings. The van der Waals surface area contributed by atoms with Crippen molar-refractivity contribution < 1.29 is 14.3 Å². The van der Waals surface area contributed by atoms with Gasteiger partial charge in [0.25, 0.3) is 0 Å². The fourth-order valence-corrected chi connectivity index (χ4v) is 3.21. The van der Waals surface area contributed by atoms with Crippen molar-refractivity contribution in [3.63, 3.8) is 0 Å². The lowest BCUT2D eigenvalue weighted by molar-refractivity contribution is 0.101. The molecule has 4 nitrogen and oxygen atoms in total. The first-order valence-electron chi connectivity index (χ1n) is 7.78. The molecule has 0 aromatic heterocycles. The Morgan fingerprint density at radius 3 is 2.65 bits per heavy atom. The number of benzene rings is 2. The number of nitrogens with zero attached hydrogens (tertiary/aromatic N) is 1. The Morgan fingerprint density at radius 2 is 1.96 bits per heavy atom. The van der Waals surface area contributed by atoms with Gasteiger partial charge in [0.15, 0.2) is 0 Å². The molecule has 0 saturated heterocycles. The highest BCUT2D eigenvalue weighted by molar-refractivity contribution is 5.69. The minimum absolute atomic E-state index is 0.0143. The maximum absolute atomic E-state index is 12.2. The van der Waals surface area contributed by atoms with Crippen LogP contribution in [0.25, 0.3) is 0 Å². The fourth-order valence-electron chi connectivity index (χ4n) is 3.21. The third-order valence-electron chi connectivity index (χ3n) is 4.39. The summed E-state index contributed by atoms with van der Waals surface area (Å²) < 4.78 is 10.3. The van der Waals surface area contributed by atoms with Gasteiger partial charge in [-0.3, -0.25) is 0 Å². The first-order chi connectivity index (χ1) is 11.2. The number of ether oxygens (including phenoxy) is 2. The Labute approximate surface area is 136 Å². The molecule has 0 spiro atoms. The van der Waals surface area contributed by atoms with Gasteiger partial charge in [0.2, 0.25) is 0 Å². The normalized spacial score (nSPS) is 16.6. The zero-order valence-corrected chi connectivity index (χ0v) is 13.5. The first kappa shape index (κ1) is 15.4. The van der Waals surface area contributed by atoms with E-state index in [0.717, 1.165) is 18.6 Å². The second-order valence-electron chi connectivity index (χ2n) is 5.68. The third-order valence-corrected chi connectivity index (χ3v) is 4.39. The van der Waals surface area contributed by atoms with Crippen LogP contribution in [0.4, 0.5) is 4.79 Å². The summed E-state index contributed by atoms with van der Waals surface area (Å²) in [6.07, 6.45) is 1.31. The molecule has 1 atom stereocenters. The molecule has 1 aliphatic heterocycles. The number of hydrogen-bond acceptors (Lipinski definition) is 3. The lowest BCUT2D eigenvalue weighted by Gasteiger charge is -2.36. The molecule has 0 bridgehead atoms. The van der Waals surface area contributed by atoms with Crippen molar-refractivity contribution in [1.82, 2.24) is 4.90 Å². The molecule has 23 heavy (non-hydrogen) atoms. The number of hydrogen-bond donors (Lipinski definition) is 0. The van der Waals surface area contributed by atoms with Gasteiger partial charge in [-0.1, -0.05) is 36.4 Å². The number of rotatable bonds is 3. The van der Waals surface area contributed by atoms with Crippen molar-refractivity contribution in [3.8, 4) is 5.75 Å². The van der Waals surface area contributed by atoms with Gasteiger partial charge in [-0.15, -0.1) is 0 Å². The van der Waals surface area contributed by atoms with Gasteiger partial charge >= 0.3 is 6.09 Å². The predicted octanol–water partition coefficient (Wildman–Crippen LogP) is 3.60. The molecular weight excluding hydrogens is 290 g/mol. The monoisotopic (exact) mass is 311 g/mol. The minimum Gasteiger partial charge on any atom is -0.497 e. The van der Waals surface area contributed by atoms with Crippen molar-refractivity contribution in [2.45, 2.75) is 18.9 Å². The molecule has 0 saturated carbocycles. The number of carbonyl (C=O) groups excluding carboxylic acids is 1. The minimum atomic E-state index is -0.271. The fraction of sp³-hybridized carbons (Fsp3) is 0.316. The molecule has 0 radical (unpaired) electrons. The number of amides is 1. The van der Waals surface area contributed by atoms with E-state index in [1.165, 1.54) is 23.8 Å². The van der Waals surface area contributed by atoms with Gasteiger partial charge in [0, 0.05) is 6.54 Å². The van der Waals surface area contributed by atoms with Crippen LogP contribution >= 0.6 is 0 Å². The smallest absolute Gasteiger partial charge is 0.410 e. The maximum Gasteiger partial charge on any atom is 0.410 e. The summed E-state index contributed by atoms with van der Waals surface area (Å²) in [7, 11) is 3.11. The summed E-state index contributed by atoms with van der Waals surface area (Å²) in [5.74, 6) is 0.855. The second kappa shape index (κ2) is 6.73. The van der Waals surface area contributed by atoms with E-state index in [9.17, 15) is 4.79 Å². The van der Waals surface area contributed by atoms with E-state index in [1.54, 1.807) is 7.11 Å². The Morgan fingerprint density at radius 1 is 1.17 bits per heavy atom. The number of methoxy groups -OCH3 is 2. The van der Waals surface area contributed by atoms with Crippen LogP contribution in [-0.2, 0) is 17.6 Å². The molecule has 4 heteroatoms. The summed E-state index contributed by atoms with van der Waals surface area (Å²) in [6, 6.07) is 16.3. The van der Waals surface area contributed by atoms with Crippen LogP contribution in [0, 0.1) is 0 Å². The Hall–Kier alpha value is -2.49. The van der Waals surface area contributed by atoms with Crippen molar-refractivity contribution in [3.05, 3.63) is 65.2 Å². The lowest BCUT2D eigenvalue weighted by atomic mass is 9.89. The Balaban J connectivity index is 1.97. The Bertz CT molecular complexity index is 684. The van der Waals surface area contributed by atoms with Crippen LogP contribution in [0.15, 0.2) is 48.5 Å². The standard InChI is InChI=1S/C19H21NO3/c1-22-16-8-9-17-15(13-16)10-11-20(19(21)23-2)18(17)12-14-6-4-3-5-7-14/h3-9,13,18H,10-12H2,1-2H3. The molecule has 0 N–H and O–H groups in total. The van der Waals surface area contributed by atoms with Crippen LogP contribution in [0.5, 0.6) is 5.75 Å². The topological polar surface area (TPSA) is 38.8 Å². The molecule has 0 aliphatic carbocycles. The van der Waals surface area contributed by atoms with Gasteiger partial charge in [0.1, 0.15) is 5.75 Å². The predicted molar refractivity (Wildman–Crippen MR) is 88.7 cm³/mol. The summed E-state index contributed by atoms with van der Waals surface area (Å²) in [5, 5.41) is 0.